The molecule has 0 fully saturated rings. The van der Waals surface area contributed by atoms with E-state index in [1.54, 1.807) is 22.8 Å². The molecule has 21 heavy (non-hydrogen) atoms. The summed E-state index contributed by atoms with van der Waals surface area (Å²) in [4.78, 5) is 21.2. The molecule has 0 radical (unpaired) electrons. The fourth-order valence-electron chi connectivity index (χ4n) is 1.83. The second kappa shape index (κ2) is 6.35. The van der Waals surface area contributed by atoms with Crippen LogP contribution in [-0.2, 0) is 11.3 Å². The van der Waals surface area contributed by atoms with Crippen molar-refractivity contribution in [3.8, 4) is 11.4 Å². The minimum atomic E-state index is -0.960. The Morgan fingerprint density at radius 2 is 2.14 bits per heavy atom. The van der Waals surface area contributed by atoms with Gasteiger partial charge in [0.1, 0.15) is 0 Å². The third-order valence-electron chi connectivity index (χ3n) is 2.70. The highest BCUT2D eigenvalue weighted by atomic mass is 32.2. The van der Waals surface area contributed by atoms with Crippen molar-refractivity contribution in [3.63, 3.8) is 0 Å². The van der Waals surface area contributed by atoms with E-state index in [4.69, 9.17) is 5.11 Å². The highest BCUT2D eigenvalue weighted by molar-refractivity contribution is 7.99. The molecule has 0 unspecified atom stereocenters. The normalized spacial score (nSPS) is 10.5. The van der Waals surface area contributed by atoms with Crippen LogP contribution in [0.3, 0.4) is 0 Å². The molecule has 0 bridgehead atoms. The highest BCUT2D eigenvalue weighted by Crippen LogP contribution is 2.30. The van der Waals surface area contributed by atoms with Gasteiger partial charge in [0.05, 0.1) is 16.2 Å². The van der Waals surface area contributed by atoms with Crippen LogP contribution < -0.4 is 0 Å². The molecule has 9 heteroatoms. The molecular weight excluding hydrogens is 296 g/mol. The highest BCUT2D eigenvalue weighted by Gasteiger charge is 2.21. The lowest BCUT2D eigenvalue weighted by molar-refractivity contribution is -0.384. The molecule has 0 atom stereocenters. The Balaban J connectivity index is 2.45. The van der Waals surface area contributed by atoms with Crippen LogP contribution in [0.2, 0.25) is 0 Å². The van der Waals surface area contributed by atoms with Crippen LogP contribution >= 0.6 is 11.8 Å². The van der Waals surface area contributed by atoms with Crippen molar-refractivity contribution in [3.05, 3.63) is 34.4 Å². The molecule has 0 aliphatic carbocycles. The van der Waals surface area contributed by atoms with Gasteiger partial charge >= 0.3 is 5.97 Å². The van der Waals surface area contributed by atoms with Gasteiger partial charge in [0.15, 0.2) is 11.0 Å². The number of aromatic nitrogens is 3. The second-order valence-corrected chi connectivity index (χ2v) is 4.95. The van der Waals surface area contributed by atoms with Crippen molar-refractivity contribution in [2.45, 2.75) is 18.6 Å². The van der Waals surface area contributed by atoms with Gasteiger partial charge in [-0.2, -0.15) is 0 Å². The SMILES string of the molecule is CCn1c(SCC(=O)O)nnc1-c1ccccc1[N+](=O)[O-]. The molecule has 8 nitrogen and oxygen atoms in total. The molecule has 0 aliphatic heterocycles. The zero-order valence-corrected chi connectivity index (χ0v) is 11.9. The molecule has 0 aliphatic rings. The van der Waals surface area contributed by atoms with Gasteiger partial charge in [-0.05, 0) is 13.0 Å². The molecule has 1 aromatic heterocycles. The summed E-state index contributed by atoms with van der Waals surface area (Å²) in [7, 11) is 0. The quantitative estimate of drug-likeness (QED) is 0.494. The maximum absolute atomic E-state index is 11.1. The Hall–Kier alpha value is -2.42. The van der Waals surface area contributed by atoms with E-state index < -0.39 is 10.9 Å². The van der Waals surface area contributed by atoms with Gasteiger partial charge in [-0.15, -0.1) is 10.2 Å². The molecule has 0 saturated carbocycles. The van der Waals surface area contributed by atoms with E-state index in [9.17, 15) is 14.9 Å². The monoisotopic (exact) mass is 308 g/mol. The van der Waals surface area contributed by atoms with Crippen LogP contribution in [0.1, 0.15) is 6.92 Å². The number of rotatable bonds is 6. The maximum Gasteiger partial charge on any atom is 0.313 e. The summed E-state index contributed by atoms with van der Waals surface area (Å²) in [6.45, 7) is 2.32. The largest absolute Gasteiger partial charge is 0.481 e. The topological polar surface area (TPSA) is 111 Å². The summed E-state index contributed by atoms with van der Waals surface area (Å²) in [5.41, 5.74) is 0.299. The standard InChI is InChI=1S/C12H12N4O4S/c1-2-15-11(13-14-12(15)21-7-10(17)18)8-5-3-4-6-9(8)16(19)20/h3-6H,2,7H2,1H3,(H,17,18). The van der Waals surface area contributed by atoms with E-state index >= 15 is 0 Å². The zero-order chi connectivity index (χ0) is 15.4. The van der Waals surface area contributed by atoms with E-state index in [0.29, 0.717) is 23.1 Å². The Labute approximate surface area is 124 Å². The first-order chi connectivity index (χ1) is 10.0. The lowest BCUT2D eigenvalue weighted by Crippen LogP contribution is -2.04. The Bertz CT molecular complexity index is 686. The average Bonchev–Trinajstić information content (AvgIpc) is 2.87. The van der Waals surface area contributed by atoms with E-state index in [-0.39, 0.29) is 11.4 Å². The number of nitro benzene ring substituents is 1. The van der Waals surface area contributed by atoms with Gasteiger partial charge in [-0.3, -0.25) is 14.9 Å². The molecule has 2 rings (SSSR count). The van der Waals surface area contributed by atoms with E-state index in [0.717, 1.165) is 11.8 Å². The summed E-state index contributed by atoms with van der Waals surface area (Å²) in [5.74, 6) is -0.745. The smallest absolute Gasteiger partial charge is 0.313 e. The zero-order valence-electron chi connectivity index (χ0n) is 11.1. The molecule has 110 valence electrons. The van der Waals surface area contributed by atoms with Crippen molar-refractivity contribution in [2.75, 3.05) is 5.75 Å². The summed E-state index contributed by atoms with van der Waals surface area (Å²) < 4.78 is 1.66. The van der Waals surface area contributed by atoms with Crippen LogP contribution in [-0.4, -0.2) is 36.5 Å². The number of thioether (sulfide) groups is 1. The Morgan fingerprint density at radius 3 is 2.76 bits per heavy atom. The number of nitro groups is 1. The minimum absolute atomic E-state index is 0.0608. The number of carboxylic acid groups (broad SMARTS) is 1. The van der Waals surface area contributed by atoms with Crippen LogP contribution in [0.15, 0.2) is 29.4 Å². The summed E-state index contributed by atoms with van der Waals surface area (Å²) in [5, 5.41) is 28.1. The van der Waals surface area contributed by atoms with Gasteiger partial charge in [-0.1, -0.05) is 23.9 Å². The van der Waals surface area contributed by atoms with E-state index in [2.05, 4.69) is 10.2 Å². The lowest BCUT2D eigenvalue weighted by Gasteiger charge is -2.06. The fraction of sp³-hybridized carbons (Fsp3) is 0.250. The first kappa shape index (κ1) is 15.0. The molecule has 2 aromatic rings. The molecule has 0 spiro atoms. The number of carbonyl (C=O) groups is 1. The summed E-state index contributed by atoms with van der Waals surface area (Å²) in [6, 6.07) is 6.25. The first-order valence-electron chi connectivity index (χ1n) is 6.06. The van der Waals surface area contributed by atoms with Gasteiger partial charge in [0, 0.05) is 12.6 Å². The predicted molar refractivity (Wildman–Crippen MR) is 76.1 cm³/mol. The second-order valence-electron chi connectivity index (χ2n) is 4.01. The minimum Gasteiger partial charge on any atom is -0.481 e. The first-order valence-corrected chi connectivity index (χ1v) is 7.04. The predicted octanol–water partition coefficient (Wildman–Crippen LogP) is 2.05. The van der Waals surface area contributed by atoms with Crippen molar-refractivity contribution in [1.82, 2.24) is 14.8 Å². The fourth-order valence-corrected chi connectivity index (χ4v) is 2.55. The number of nitrogens with zero attached hydrogens (tertiary/aromatic N) is 4. The third kappa shape index (κ3) is 3.19. The van der Waals surface area contributed by atoms with Gasteiger partial charge in [0.25, 0.3) is 5.69 Å². The van der Waals surface area contributed by atoms with E-state index in [1.807, 2.05) is 6.92 Å². The number of hydrogen-bond acceptors (Lipinski definition) is 6. The number of benzene rings is 1. The van der Waals surface area contributed by atoms with Crippen molar-refractivity contribution in [2.24, 2.45) is 0 Å². The van der Waals surface area contributed by atoms with Gasteiger partial charge in [0.2, 0.25) is 0 Å². The van der Waals surface area contributed by atoms with E-state index in [1.165, 1.54) is 6.07 Å². The Morgan fingerprint density at radius 1 is 1.43 bits per heavy atom. The number of carboxylic acids is 1. The molecule has 1 aromatic carbocycles. The summed E-state index contributed by atoms with van der Waals surface area (Å²) in [6.07, 6.45) is 0. The van der Waals surface area contributed by atoms with Crippen LogP contribution in [0.4, 0.5) is 5.69 Å². The van der Waals surface area contributed by atoms with Crippen LogP contribution in [0.25, 0.3) is 11.4 Å². The lowest BCUT2D eigenvalue weighted by atomic mass is 10.1. The molecule has 1 N–H and O–H groups in total. The summed E-state index contributed by atoms with van der Waals surface area (Å²) >= 11 is 1.03. The molecular formula is C12H12N4O4S. The average molecular weight is 308 g/mol. The molecule has 0 saturated heterocycles. The number of para-hydroxylation sites is 1. The van der Waals surface area contributed by atoms with Gasteiger partial charge < -0.3 is 9.67 Å². The maximum atomic E-state index is 11.1. The van der Waals surface area contributed by atoms with Crippen molar-refractivity contribution < 1.29 is 14.8 Å². The number of hydrogen-bond donors (Lipinski definition) is 1. The van der Waals surface area contributed by atoms with Crippen LogP contribution in [0.5, 0.6) is 0 Å². The third-order valence-corrected chi connectivity index (χ3v) is 3.65. The van der Waals surface area contributed by atoms with Crippen molar-refractivity contribution >= 4 is 23.4 Å². The van der Waals surface area contributed by atoms with Crippen LogP contribution in [0, 0.1) is 10.1 Å². The van der Waals surface area contributed by atoms with Gasteiger partial charge in [-0.25, -0.2) is 0 Å². The molecule has 1 heterocycles. The molecule has 0 amide bonds. The number of aliphatic carboxylic acids is 1. The van der Waals surface area contributed by atoms with Crippen molar-refractivity contribution in [1.29, 1.82) is 0 Å². The Kier molecular flexibility index (Phi) is 4.53.